The number of piperidine rings is 1. The first-order valence-electron chi connectivity index (χ1n) is 8.77. The standard InChI is InChI=1S/C19H24N4O3/c1-12-9-13(6-7-17(12)26-2)10-18(24)23-8-4-3-5-16(23)14-11-15(19(20)25)22-21-14/h6-7,9,11,16H,3-5,8,10H2,1-2H3,(H2,20,25)(H,21,22). The number of carbonyl (C=O) groups is 2. The third-order valence-electron chi connectivity index (χ3n) is 4.85. The van der Waals surface area contributed by atoms with Gasteiger partial charge in [0.05, 0.1) is 25.3 Å². The second-order valence-electron chi connectivity index (χ2n) is 6.65. The van der Waals surface area contributed by atoms with Crippen molar-refractivity contribution in [1.82, 2.24) is 15.1 Å². The van der Waals surface area contributed by atoms with Gasteiger partial charge in [0.25, 0.3) is 5.91 Å². The Morgan fingerprint density at radius 2 is 2.15 bits per heavy atom. The Kier molecular flexibility index (Phi) is 5.25. The third kappa shape index (κ3) is 3.71. The number of ether oxygens (including phenoxy) is 1. The number of primary amides is 1. The number of amides is 2. The van der Waals surface area contributed by atoms with Gasteiger partial charge in [-0.3, -0.25) is 14.7 Å². The summed E-state index contributed by atoms with van der Waals surface area (Å²) in [5, 5.41) is 6.82. The van der Waals surface area contributed by atoms with E-state index in [0.717, 1.165) is 41.8 Å². The Balaban J connectivity index is 1.77. The predicted octanol–water partition coefficient (Wildman–Crippen LogP) is 2.12. The molecule has 1 aliphatic heterocycles. The number of rotatable bonds is 5. The molecule has 0 bridgehead atoms. The van der Waals surface area contributed by atoms with Crippen LogP contribution in [0.25, 0.3) is 0 Å². The molecule has 1 aromatic carbocycles. The number of carbonyl (C=O) groups excluding carboxylic acids is 2. The van der Waals surface area contributed by atoms with Gasteiger partial charge in [-0.25, -0.2) is 0 Å². The molecule has 26 heavy (non-hydrogen) atoms. The minimum atomic E-state index is -0.574. The number of methoxy groups -OCH3 is 1. The lowest BCUT2D eigenvalue weighted by atomic mass is 9.97. The summed E-state index contributed by atoms with van der Waals surface area (Å²) in [6.07, 6.45) is 3.17. The van der Waals surface area contributed by atoms with Crippen molar-refractivity contribution in [2.75, 3.05) is 13.7 Å². The van der Waals surface area contributed by atoms with Gasteiger partial charge >= 0.3 is 0 Å². The fourth-order valence-electron chi connectivity index (χ4n) is 3.51. The summed E-state index contributed by atoms with van der Waals surface area (Å²) in [5.41, 5.74) is 8.20. The first-order valence-corrected chi connectivity index (χ1v) is 8.77. The number of likely N-dealkylation sites (tertiary alicyclic amines) is 1. The summed E-state index contributed by atoms with van der Waals surface area (Å²) in [4.78, 5) is 26.1. The van der Waals surface area contributed by atoms with Crippen molar-refractivity contribution in [3.63, 3.8) is 0 Å². The molecule has 2 aromatic rings. The first kappa shape index (κ1) is 18.0. The molecule has 138 valence electrons. The maximum absolute atomic E-state index is 12.9. The first-order chi connectivity index (χ1) is 12.5. The van der Waals surface area contributed by atoms with Crippen LogP contribution >= 0.6 is 0 Å². The van der Waals surface area contributed by atoms with Gasteiger partial charge < -0.3 is 15.4 Å². The minimum absolute atomic E-state index is 0.0643. The molecule has 1 aromatic heterocycles. The number of benzene rings is 1. The summed E-state index contributed by atoms with van der Waals surface area (Å²) in [6.45, 7) is 2.66. The zero-order valence-corrected chi connectivity index (χ0v) is 15.1. The van der Waals surface area contributed by atoms with Gasteiger partial charge in [-0.1, -0.05) is 12.1 Å². The molecule has 2 amide bonds. The molecule has 0 spiro atoms. The highest BCUT2D eigenvalue weighted by Gasteiger charge is 2.29. The number of hydrogen-bond acceptors (Lipinski definition) is 4. The molecular weight excluding hydrogens is 332 g/mol. The Hall–Kier alpha value is -2.83. The van der Waals surface area contributed by atoms with E-state index >= 15 is 0 Å². The Morgan fingerprint density at radius 1 is 1.35 bits per heavy atom. The van der Waals surface area contributed by atoms with Crippen molar-refractivity contribution < 1.29 is 14.3 Å². The van der Waals surface area contributed by atoms with Gasteiger partial charge in [-0.15, -0.1) is 0 Å². The molecule has 1 unspecified atom stereocenters. The fourth-order valence-corrected chi connectivity index (χ4v) is 3.51. The normalized spacial score (nSPS) is 17.2. The summed E-state index contributed by atoms with van der Waals surface area (Å²) in [5.74, 6) is 0.304. The van der Waals surface area contributed by atoms with E-state index < -0.39 is 5.91 Å². The molecule has 1 aliphatic rings. The summed E-state index contributed by atoms with van der Waals surface area (Å²) in [7, 11) is 1.64. The molecule has 7 nitrogen and oxygen atoms in total. The van der Waals surface area contributed by atoms with Crippen molar-refractivity contribution in [2.45, 2.75) is 38.6 Å². The molecule has 3 rings (SSSR count). The maximum Gasteiger partial charge on any atom is 0.269 e. The van der Waals surface area contributed by atoms with E-state index in [1.54, 1.807) is 13.2 Å². The number of hydrogen-bond donors (Lipinski definition) is 2. The lowest BCUT2D eigenvalue weighted by Gasteiger charge is -2.35. The number of nitrogens with two attached hydrogens (primary N) is 1. The molecule has 1 saturated heterocycles. The van der Waals surface area contributed by atoms with Crippen molar-refractivity contribution in [3.05, 3.63) is 46.8 Å². The van der Waals surface area contributed by atoms with E-state index in [-0.39, 0.29) is 17.6 Å². The van der Waals surface area contributed by atoms with E-state index in [0.29, 0.717) is 13.0 Å². The quantitative estimate of drug-likeness (QED) is 0.857. The van der Waals surface area contributed by atoms with Crippen molar-refractivity contribution in [3.8, 4) is 5.75 Å². The summed E-state index contributed by atoms with van der Waals surface area (Å²) in [6, 6.07) is 7.34. The van der Waals surface area contributed by atoms with Crippen LogP contribution in [0.3, 0.4) is 0 Å². The van der Waals surface area contributed by atoms with Gasteiger partial charge in [-0.05, 0) is 49.4 Å². The highest BCUT2D eigenvalue weighted by atomic mass is 16.5. The van der Waals surface area contributed by atoms with Crippen molar-refractivity contribution in [1.29, 1.82) is 0 Å². The Labute approximate surface area is 152 Å². The highest BCUT2D eigenvalue weighted by Crippen LogP contribution is 2.31. The van der Waals surface area contributed by atoms with E-state index in [9.17, 15) is 9.59 Å². The predicted molar refractivity (Wildman–Crippen MR) is 96.8 cm³/mol. The largest absolute Gasteiger partial charge is 0.496 e. The van der Waals surface area contributed by atoms with E-state index in [4.69, 9.17) is 10.5 Å². The van der Waals surface area contributed by atoms with Gasteiger partial charge in [0.2, 0.25) is 5.91 Å². The number of nitrogens with one attached hydrogen (secondary N) is 1. The zero-order chi connectivity index (χ0) is 18.7. The zero-order valence-electron chi connectivity index (χ0n) is 15.1. The topological polar surface area (TPSA) is 101 Å². The molecular formula is C19H24N4O3. The summed E-state index contributed by atoms with van der Waals surface area (Å²) < 4.78 is 5.27. The third-order valence-corrected chi connectivity index (χ3v) is 4.85. The average Bonchev–Trinajstić information content (AvgIpc) is 3.12. The fraction of sp³-hybridized carbons (Fsp3) is 0.421. The molecule has 0 saturated carbocycles. The van der Waals surface area contributed by atoms with Crippen LogP contribution in [0.15, 0.2) is 24.3 Å². The van der Waals surface area contributed by atoms with Crippen molar-refractivity contribution >= 4 is 11.8 Å². The number of aromatic amines is 1. The summed E-state index contributed by atoms with van der Waals surface area (Å²) >= 11 is 0. The molecule has 7 heteroatoms. The van der Waals surface area contributed by atoms with E-state index in [2.05, 4.69) is 10.2 Å². The molecule has 1 fully saturated rings. The number of nitrogens with zero attached hydrogens (tertiary/aromatic N) is 2. The van der Waals surface area contributed by atoms with Gasteiger partial charge in [-0.2, -0.15) is 5.10 Å². The lowest BCUT2D eigenvalue weighted by molar-refractivity contribution is -0.134. The second-order valence-corrected chi connectivity index (χ2v) is 6.65. The van der Waals surface area contributed by atoms with Crippen molar-refractivity contribution in [2.24, 2.45) is 5.73 Å². The van der Waals surface area contributed by atoms with Crippen LogP contribution in [0.4, 0.5) is 0 Å². The van der Waals surface area contributed by atoms with Crippen LogP contribution in [-0.2, 0) is 11.2 Å². The minimum Gasteiger partial charge on any atom is -0.496 e. The molecule has 0 radical (unpaired) electrons. The Morgan fingerprint density at radius 3 is 2.81 bits per heavy atom. The molecule has 1 atom stereocenters. The number of aryl methyl sites for hydroxylation is 1. The van der Waals surface area contributed by atoms with Gasteiger partial charge in [0.15, 0.2) is 0 Å². The number of H-pyrrole nitrogens is 1. The van der Waals surface area contributed by atoms with Crippen LogP contribution < -0.4 is 10.5 Å². The van der Waals surface area contributed by atoms with E-state index in [1.165, 1.54) is 0 Å². The highest BCUT2D eigenvalue weighted by molar-refractivity contribution is 5.90. The monoisotopic (exact) mass is 356 g/mol. The lowest BCUT2D eigenvalue weighted by Crippen LogP contribution is -2.39. The van der Waals surface area contributed by atoms with Gasteiger partial charge in [0.1, 0.15) is 11.4 Å². The van der Waals surface area contributed by atoms with E-state index in [1.807, 2.05) is 30.0 Å². The smallest absolute Gasteiger partial charge is 0.269 e. The molecule has 0 aliphatic carbocycles. The van der Waals surface area contributed by atoms with Crippen LogP contribution in [0, 0.1) is 6.92 Å². The SMILES string of the molecule is COc1ccc(CC(=O)N2CCCCC2c2cc(C(N)=O)n[nH]2)cc1C. The average molecular weight is 356 g/mol. The van der Waals surface area contributed by atoms with Crippen LogP contribution in [0.1, 0.15) is 52.6 Å². The maximum atomic E-state index is 12.9. The van der Waals surface area contributed by atoms with Crippen LogP contribution in [-0.4, -0.2) is 40.6 Å². The van der Waals surface area contributed by atoms with Gasteiger partial charge in [0, 0.05) is 6.54 Å². The molecule has 2 heterocycles. The van der Waals surface area contributed by atoms with Crippen LogP contribution in [0.5, 0.6) is 5.75 Å². The molecule has 3 N–H and O–H groups in total. The van der Waals surface area contributed by atoms with Crippen LogP contribution in [0.2, 0.25) is 0 Å². The Bertz CT molecular complexity index is 815. The second kappa shape index (κ2) is 7.59. The number of aromatic nitrogens is 2.